The highest BCUT2D eigenvalue weighted by Gasteiger charge is 2.13. The van der Waals surface area contributed by atoms with Crippen molar-refractivity contribution in [1.29, 1.82) is 0 Å². The van der Waals surface area contributed by atoms with Crippen molar-refractivity contribution in [3.63, 3.8) is 0 Å². The summed E-state index contributed by atoms with van der Waals surface area (Å²) < 4.78 is 1.26. The van der Waals surface area contributed by atoms with Gasteiger partial charge in [-0.2, -0.15) is 0 Å². The van der Waals surface area contributed by atoms with Crippen LogP contribution in [-0.2, 0) is 13.0 Å². The van der Waals surface area contributed by atoms with Crippen LogP contribution in [0.5, 0.6) is 0 Å². The van der Waals surface area contributed by atoms with Crippen molar-refractivity contribution in [3.05, 3.63) is 65.0 Å². The van der Waals surface area contributed by atoms with Crippen molar-refractivity contribution in [2.45, 2.75) is 26.3 Å². The van der Waals surface area contributed by atoms with Crippen molar-refractivity contribution in [3.8, 4) is 0 Å². The Labute approximate surface area is 146 Å². The lowest BCUT2D eigenvalue weighted by Gasteiger charge is -2.19. The van der Waals surface area contributed by atoms with E-state index in [2.05, 4.69) is 35.8 Å². The quantitative estimate of drug-likeness (QED) is 0.653. The lowest BCUT2D eigenvalue weighted by molar-refractivity contribution is 0.221. The Morgan fingerprint density at radius 1 is 1.08 bits per heavy atom. The first-order valence-corrected chi connectivity index (χ1v) is 9.12. The van der Waals surface area contributed by atoms with E-state index < -0.39 is 0 Å². The summed E-state index contributed by atoms with van der Waals surface area (Å²) in [6, 6.07) is 16.3. The smallest absolute Gasteiger partial charge is 0.321 e. The number of hydrogen-bond donors (Lipinski definition) is 1. The number of urea groups is 1. The lowest BCUT2D eigenvalue weighted by Crippen LogP contribution is -2.31. The zero-order valence-electron chi connectivity index (χ0n) is 14.1. The Morgan fingerprint density at radius 2 is 1.83 bits per heavy atom. The van der Waals surface area contributed by atoms with E-state index in [1.807, 2.05) is 37.4 Å². The highest BCUT2D eigenvalue weighted by atomic mass is 32.1. The normalized spacial score (nSPS) is 10.8. The second kappa shape index (κ2) is 7.49. The van der Waals surface area contributed by atoms with Gasteiger partial charge in [0, 0.05) is 24.0 Å². The van der Waals surface area contributed by atoms with Gasteiger partial charge in [0.15, 0.2) is 0 Å². The zero-order chi connectivity index (χ0) is 16.9. The number of rotatable bonds is 5. The van der Waals surface area contributed by atoms with E-state index in [9.17, 15) is 4.79 Å². The minimum absolute atomic E-state index is 0.0752. The number of benzene rings is 2. The van der Waals surface area contributed by atoms with Crippen molar-refractivity contribution < 1.29 is 4.79 Å². The van der Waals surface area contributed by atoms with Crippen LogP contribution in [0.4, 0.5) is 10.5 Å². The van der Waals surface area contributed by atoms with Crippen molar-refractivity contribution in [2.24, 2.45) is 0 Å². The second-order valence-corrected chi connectivity index (χ2v) is 6.86. The summed E-state index contributed by atoms with van der Waals surface area (Å²) in [7, 11) is 1.84. The minimum Gasteiger partial charge on any atom is -0.323 e. The van der Waals surface area contributed by atoms with Crippen LogP contribution in [0, 0.1) is 0 Å². The Morgan fingerprint density at radius 3 is 2.67 bits per heavy atom. The summed E-state index contributed by atoms with van der Waals surface area (Å²) in [6.07, 6.45) is 2.03. The maximum Gasteiger partial charge on any atom is 0.321 e. The molecule has 0 aliphatic heterocycles. The van der Waals surface area contributed by atoms with Crippen LogP contribution >= 0.6 is 11.3 Å². The maximum atomic E-state index is 12.5. The first-order valence-electron chi connectivity index (χ1n) is 8.24. The van der Waals surface area contributed by atoms with Crippen molar-refractivity contribution in [1.82, 2.24) is 4.90 Å². The topological polar surface area (TPSA) is 32.3 Å². The Bertz CT molecular complexity index is 840. The molecule has 3 nitrogen and oxygen atoms in total. The first kappa shape index (κ1) is 16.5. The molecule has 0 bridgehead atoms. The van der Waals surface area contributed by atoms with E-state index in [0.717, 1.165) is 18.5 Å². The average molecular weight is 338 g/mol. The monoisotopic (exact) mass is 338 g/mol. The van der Waals surface area contributed by atoms with Crippen LogP contribution in [-0.4, -0.2) is 18.0 Å². The number of thiophene rings is 1. The SMILES string of the molecule is CCCc1ccccc1NC(=O)N(C)Cc1csc2ccccc12. The molecular weight excluding hydrogens is 316 g/mol. The lowest BCUT2D eigenvalue weighted by atomic mass is 10.1. The van der Waals surface area contributed by atoms with Crippen LogP contribution in [0.3, 0.4) is 0 Å². The molecule has 0 unspecified atom stereocenters. The summed E-state index contributed by atoms with van der Waals surface area (Å²) in [6.45, 7) is 2.75. The standard InChI is InChI=1S/C20H22N2OS/c1-3-8-15-9-4-6-11-18(15)21-20(23)22(2)13-16-14-24-19-12-7-5-10-17(16)19/h4-7,9-12,14H,3,8,13H2,1-2H3,(H,21,23). The van der Waals surface area contributed by atoms with Crippen molar-refractivity contribution >= 4 is 33.1 Å². The molecule has 0 spiro atoms. The van der Waals surface area contributed by atoms with Gasteiger partial charge in [0.25, 0.3) is 0 Å². The van der Waals surface area contributed by atoms with Gasteiger partial charge >= 0.3 is 6.03 Å². The van der Waals surface area contributed by atoms with Gasteiger partial charge in [-0.3, -0.25) is 0 Å². The minimum atomic E-state index is -0.0752. The molecule has 2 aromatic carbocycles. The van der Waals surface area contributed by atoms with E-state index in [1.54, 1.807) is 16.2 Å². The number of amides is 2. The average Bonchev–Trinajstić information content (AvgIpc) is 3.00. The van der Waals surface area contributed by atoms with Gasteiger partial charge in [-0.05, 0) is 40.4 Å². The summed E-state index contributed by atoms with van der Waals surface area (Å²) in [5.74, 6) is 0. The van der Waals surface area contributed by atoms with Crippen molar-refractivity contribution in [2.75, 3.05) is 12.4 Å². The summed E-state index contributed by atoms with van der Waals surface area (Å²) in [4.78, 5) is 14.3. The molecule has 0 saturated carbocycles. The molecule has 24 heavy (non-hydrogen) atoms. The van der Waals surface area contributed by atoms with Gasteiger partial charge in [-0.15, -0.1) is 11.3 Å². The number of para-hydroxylation sites is 1. The number of carbonyl (C=O) groups excluding carboxylic acids is 1. The number of nitrogens with one attached hydrogen (secondary N) is 1. The highest BCUT2D eigenvalue weighted by Crippen LogP contribution is 2.26. The molecule has 0 atom stereocenters. The molecule has 1 heterocycles. The molecule has 4 heteroatoms. The molecule has 3 rings (SSSR count). The Kier molecular flexibility index (Phi) is 5.16. The first-order chi connectivity index (χ1) is 11.7. The largest absolute Gasteiger partial charge is 0.323 e. The summed E-state index contributed by atoms with van der Waals surface area (Å²) in [5.41, 5.74) is 3.28. The Balaban J connectivity index is 1.71. The van der Waals surface area contributed by atoms with Gasteiger partial charge in [-0.1, -0.05) is 49.7 Å². The van der Waals surface area contributed by atoms with Gasteiger partial charge in [0.1, 0.15) is 0 Å². The predicted octanol–water partition coefficient (Wildman–Crippen LogP) is 5.52. The van der Waals surface area contributed by atoms with Crippen LogP contribution < -0.4 is 5.32 Å². The van der Waals surface area contributed by atoms with E-state index in [0.29, 0.717) is 6.54 Å². The van der Waals surface area contributed by atoms with E-state index in [4.69, 9.17) is 0 Å². The third kappa shape index (κ3) is 3.60. The number of nitrogens with zero attached hydrogens (tertiary/aromatic N) is 1. The number of carbonyl (C=O) groups is 1. The molecule has 124 valence electrons. The molecular formula is C20H22N2OS. The number of hydrogen-bond acceptors (Lipinski definition) is 2. The number of aryl methyl sites for hydroxylation is 1. The molecule has 1 aromatic heterocycles. The van der Waals surface area contributed by atoms with E-state index in [-0.39, 0.29) is 6.03 Å². The van der Waals surface area contributed by atoms with Crippen LogP contribution in [0.25, 0.3) is 10.1 Å². The molecule has 2 amide bonds. The molecule has 0 fully saturated rings. The molecule has 1 N–H and O–H groups in total. The van der Waals surface area contributed by atoms with E-state index in [1.165, 1.54) is 21.2 Å². The zero-order valence-corrected chi connectivity index (χ0v) is 14.9. The molecule has 0 radical (unpaired) electrons. The third-order valence-electron chi connectivity index (χ3n) is 4.09. The summed E-state index contributed by atoms with van der Waals surface area (Å²) in [5, 5.41) is 6.41. The van der Waals surface area contributed by atoms with E-state index >= 15 is 0 Å². The summed E-state index contributed by atoms with van der Waals surface area (Å²) >= 11 is 1.72. The van der Waals surface area contributed by atoms with Gasteiger partial charge < -0.3 is 10.2 Å². The molecule has 0 saturated heterocycles. The number of fused-ring (bicyclic) bond motifs is 1. The van der Waals surface area contributed by atoms with Gasteiger partial charge in [-0.25, -0.2) is 4.79 Å². The van der Waals surface area contributed by atoms with Crippen LogP contribution in [0.15, 0.2) is 53.9 Å². The number of anilines is 1. The van der Waals surface area contributed by atoms with Crippen LogP contribution in [0.2, 0.25) is 0 Å². The van der Waals surface area contributed by atoms with Crippen LogP contribution in [0.1, 0.15) is 24.5 Å². The highest BCUT2D eigenvalue weighted by molar-refractivity contribution is 7.17. The van der Waals surface area contributed by atoms with Gasteiger partial charge in [0.05, 0.1) is 0 Å². The Hall–Kier alpha value is -2.33. The molecule has 0 aliphatic carbocycles. The fourth-order valence-corrected chi connectivity index (χ4v) is 3.78. The predicted molar refractivity (Wildman–Crippen MR) is 103 cm³/mol. The molecule has 3 aromatic rings. The maximum absolute atomic E-state index is 12.5. The fourth-order valence-electron chi connectivity index (χ4n) is 2.82. The fraction of sp³-hybridized carbons (Fsp3) is 0.250. The second-order valence-electron chi connectivity index (χ2n) is 5.95. The van der Waals surface area contributed by atoms with Gasteiger partial charge in [0.2, 0.25) is 0 Å². The molecule has 0 aliphatic rings. The third-order valence-corrected chi connectivity index (χ3v) is 5.11.